The predicted octanol–water partition coefficient (Wildman–Crippen LogP) is 4.36. The van der Waals surface area contributed by atoms with E-state index in [1.165, 1.54) is 6.20 Å². The van der Waals surface area contributed by atoms with E-state index in [1.807, 2.05) is 19.9 Å². The summed E-state index contributed by atoms with van der Waals surface area (Å²) >= 11 is 6.09. The molecule has 3 aromatic heterocycles. The normalized spacial score (nSPS) is 13.3. The summed E-state index contributed by atoms with van der Waals surface area (Å²) in [6, 6.07) is 6.71. The van der Waals surface area contributed by atoms with E-state index in [9.17, 15) is 9.59 Å². The first kappa shape index (κ1) is 24.9. The van der Waals surface area contributed by atoms with Crippen molar-refractivity contribution in [1.82, 2.24) is 15.1 Å². The van der Waals surface area contributed by atoms with E-state index < -0.39 is 5.76 Å². The maximum Gasteiger partial charge on any atom is 0.439 e. The SMILES string of the molecule is CN=C(C)/C(=C\N)c1oc2c([C@@H](C)Nc3ccc(Cl)nc3-c3noc(=O)[nH]3)cc(C)cc2c(=O)c1C. The Labute approximate surface area is 210 Å². The van der Waals surface area contributed by atoms with Gasteiger partial charge in [0.05, 0.1) is 22.7 Å². The van der Waals surface area contributed by atoms with E-state index >= 15 is 0 Å². The lowest BCUT2D eigenvalue weighted by Gasteiger charge is -2.20. The number of fused-ring (bicyclic) bond motifs is 1. The molecule has 0 radical (unpaired) electrons. The lowest BCUT2D eigenvalue weighted by atomic mass is 9.98. The molecule has 0 aliphatic heterocycles. The minimum Gasteiger partial charge on any atom is -0.455 e. The van der Waals surface area contributed by atoms with Gasteiger partial charge in [-0.15, -0.1) is 0 Å². The van der Waals surface area contributed by atoms with Gasteiger partial charge in [0.2, 0.25) is 5.82 Å². The van der Waals surface area contributed by atoms with Crippen LogP contribution in [0.15, 0.2) is 54.0 Å². The fourth-order valence-corrected chi connectivity index (χ4v) is 4.15. The summed E-state index contributed by atoms with van der Waals surface area (Å²) in [4.78, 5) is 35.8. The number of benzene rings is 1. The molecule has 4 N–H and O–H groups in total. The third-order valence-electron chi connectivity index (χ3n) is 5.89. The number of nitrogens with zero attached hydrogens (tertiary/aromatic N) is 3. The van der Waals surface area contributed by atoms with Gasteiger partial charge in [-0.2, -0.15) is 0 Å². The summed E-state index contributed by atoms with van der Waals surface area (Å²) in [5.41, 5.74) is 10.2. The largest absolute Gasteiger partial charge is 0.455 e. The third kappa shape index (κ3) is 4.55. The second-order valence-electron chi connectivity index (χ2n) is 8.35. The van der Waals surface area contributed by atoms with Crippen LogP contribution in [0.5, 0.6) is 0 Å². The molecule has 0 saturated carbocycles. The zero-order valence-electron chi connectivity index (χ0n) is 20.4. The highest BCUT2D eigenvalue weighted by Crippen LogP contribution is 2.33. The van der Waals surface area contributed by atoms with E-state index in [-0.39, 0.29) is 22.4 Å². The van der Waals surface area contributed by atoms with Gasteiger partial charge < -0.3 is 15.5 Å². The number of nitrogens with two attached hydrogens (primary N) is 1. The number of hydrogen-bond donors (Lipinski definition) is 3. The number of allylic oxidation sites excluding steroid dienone is 1. The lowest BCUT2D eigenvalue weighted by Crippen LogP contribution is -2.15. The maximum absolute atomic E-state index is 13.4. The van der Waals surface area contributed by atoms with Gasteiger partial charge in [-0.25, -0.2) is 9.78 Å². The van der Waals surface area contributed by atoms with E-state index in [1.54, 1.807) is 39.1 Å². The Morgan fingerprint density at radius 2 is 2.03 bits per heavy atom. The number of aromatic amines is 1. The van der Waals surface area contributed by atoms with Gasteiger partial charge in [0.1, 0.15) is 22.2 Å². The molecule has 4 aromatic rings. The number of aromatic nitrogens is 3. The summed E-state index contributed by atoms with van der Waals surface area (Å²) in [6.45, 7) is 7.33. The zero-order chi connectivity index (χ0) is 26.1. The first-order valence-electron chi connectivity index (χ1n) is 11.1. The molecule has 0 amide bonds. The molecule has 1 aromatic carbocycles. The molecule has 0 saturated heterocycles. The highest BCUT2D eigenvalue weighted by molar-refractivity contribution is 6.29. The van der Waals surface area contributed by atoms with Crippen LogP contribution in [0.1, 0.15) is 42.3 Å². The number of hydrogen-bond acceptors (Lipinski definition) is 9. The summed E-state index contributed by atoms with van der Waals surface area (Å²) < 4.78 is 11.0. The third-order valence-corrected chi connectivity index (χ3v) is 6.10. The fourth-order valence-electron chi connectivity index (χ4n) is 4.00. The van der Waals surface area contributed by atoms with Crippen LogP contribution in [0.25, 0.3) is 28.1 Å². The Kier molecular flexibility index (Phi) is 6.80. The van der Waals surface area contributed by atoms with Crippen LogP contribution in [0.4, 0.5) is 5.69 Å². The number of H-pyrrole nitrogens is 1. The Balaban J connectivity index is 1.88. The summed E-state index contributed by atoms with van der Waals surface area (Å²) in [6.07, 6.45) is 1.39. The summed E-state index contributed by atoms with van der Waals surface area (Å²) in [7, 11) is 1.65. The quantitative estimate of drug-likeness (QED) is 0.256. The number of rotatable bonds is 6. The van der Waals surface area contributed by atoms with E-state index in [0.29, 0.717) is 45.0 Å². The van der Waals surface area contributed by atoms with Crippen LogP contribution in [-0.4, -0.2) is 27.9 Å². The van der Waals surface area contributed by atoms with Crippen LogP contribution < -0.4 is 22.2 Å². The average Bonchev–Trinajstić information content (AvgIpc) is 3.29. The zero-order valence-corrected chi connectivity index (χ0v) is 21.1. The van der Waals surface area contributed by atoms with Crippen molar-refractivity contribution in [3.05, 3.63) is 78.8 Å². The fraction of sp³-hybridized carbons (Fsp3) is 0.240. The molecule has 186 valence electrons. The molecule has 0 spiro atoms. The van der Waals surface area contributed by atoms with Crippen molar-refractivity contribution in [1.29, 1.82) is 0 Å². The Bertz CT molecular complexity index is 1650. The molecular formula is C25H25ClN6O4. The van der Waals surface area contributed by atoms with E-state index in [4.69, 9.17) is 21.8 Å². The Morgan fingerprint density at radius 3 is 2.67 bits per heavy atom. The number of aliphatic imine (C=N–C) groups is 1. The van der Waals surface area contributed by atoms with Crippen molar-refractivity contribution in [2.75, 3.05) is 12.4 Å². The smallest absolute Gasteiger partial charge is 0.439 e. The van der Waals surface area contributed by atoms with Gasteiger partial charge in [-0.1, -0.05) is 22.8 Å². The van der Waals surface area contributed by atoms with Gasteiger partial charge in [0.25, 0.3) is 0 Å². The molecular weight excluding hydrogens is 484 g/mol. The van der Waals surface area contributed by atoms with Crippen molar-refractivity contribution in [2.24, 2.45) is 10.7 Å². The van der Waals surface area contributed by atoms with Crippen molar-refractivity contribution in [3.63, 3.8) is 0 Å². The summed E-state index contributed by atoms with van der Waals surface area (Å²) in [5, 5.41) is 7.76. The van der Waals surface area contributed by atoms with Crippen LogP contribution in [0.2, 0.25) is 5.15 Å². The van der Waals surface area contributed by atoms with Crippen molar-refractivity contribution >= 4 is 39.5 Å². The predicted molar refractivity (Wildman–Crippen MR) is 141 cm³/mol. The van der Waals surface area contributed by atoms with Gasteiger partial charge in [0, 0.05) is 30.1 Å². The molecule has 0 fully saturated rings. The van der Waals surface area contributed by atoms with Crippen molar-refractivity contribution in [3.8, 4) is 11.5 Å². The highest BCUT2D eigenvalue weighted by Gasteiger charge is 2.22. The molecule has 0 unspecified atom stereocenters. The number of anilines is 1. The minimum absolute atomic E-state index is 0.128. The topological polar surface area (TPSA) is 152 Å². The number of aryl methyl sites for hydroxylation is 1. The lowest BCUT2D eigenvalue weighted by molar-refractivity contribution is 0.388. The van der Waals surface area contributed by atoms with Gasteiger partial charge >= 0.3 is 5.76 Å². The molecule has 0 aliphatic rings. The maximum atomic E-state index is 13.4. The van der Waals surface area contributed by atoms with Crippen LogP contribution in [-0.2, 0) is 0 Å². The second kappa shape index (κ2) is 9.82. The van der Waals surface area contributed by atoms with Gasteiger partial charge in [-0.05, 0) is 51.5 Å². The Hall–Kier alpha value is -4.18. The molecule has 11 heteroatoms. The first-order chi connectivity index (χ1) is 17.1. The molecule has 3 heterocycles. The number of halogens is 1. The highest BCUT2D eigenvalue weighted by atomic mass is 35.5. The minimum atomic E-state index is -0.713. The van der Waals surface area contributed by atoms with Crippen molar-refractivity contribution < 1.29 is 8.94 Å². The standard InChI is InChI=1S/C25H25ClN6O4/c1-11-8-15(14(4)29-18-6-7-19(26)30-20(18)24-31-25(34)36-32-24)23-16(9-11)21(33)12(2)22(35-23)17(10-27)13(3)28-5/h6-10,14,29H,27H2,1-5H3,(H,31,32,34)/b17-10+,28-13?/t14-/m1/s1. The molecule has 4 rings (SSSR count). The Morgan fingerprint density at radius 1 is 1.28 bits per heavy atom. The average molecular weight is 509 g/mol. The first-order valence-corrected chi connectivity index (χ1v) is 11.5. The van der Waals surface area contributed by atoms with Crippen LogP contribution in [0.3, 0.4) is 0 Å². The van der Waals surface area contributed by atoms with Gasteiger partial charge in [-0.3, -0.25) is 19.3 Å². The molecule has 0 aliphatic carbocycles. The molecule has 36 heavy (non-hydrogen) atoms. The monoisotopic (exact) mass is 508 g/mol. The van der Waals surface area contributed by atoms with Crippen LogP contribution in [0, 0.1) is 13.8 Å². The molecule has 1 atom stereocenters. The van der Waals surface area contributed by atoms with Gasteiger partial charge in [0.15, 0.2) is 5.43 Å². The number of pyridine rings is 1. The van der Waals surface area contributed by atoms with Crippen LogP contribution >= 0.6 is 11.6 Å². The second-order valence-corrected chi connectivity index (χ2v) is 8.73. The molecule has 10 nitrogen and oxygen atoms in total. The summed E-state index contributed by atoms with van der Waals surface area (Å²) in [5.74, 6) is -0.220. The molecule has 0 bridgehead atoms. The van der Waals surface area contributed by atoms with E-state index in [0.717, 1.165) is 11.1 Å². The van der Waals surface area contributed by atoms with Crippen molar-refractivity contribution in [2.45, 2.75) is 33.7 Å². The van der Waals surface area contributed by atoms with E-state index in [2.05, 4.69) is 30.0 Å². The number of nitrogens with one attached hydrogen (secondary N) is 2.